The molecular weight excluding hydrogens is 388 g/mol. The first-order chi connectivity index (χ1) is 15.1. The van der Waals surface area contributed by atoms with Crippen LogP contribution in [0.3, 0.4) is 0 Å². The Balaban J connectivity index is 1.66. The number of unbranched alkanes of at least 4 members (excludes halogenated alkanes) is 1. The Labute approximate surface area is 181 Å². The standard InChI is InChI=1S/C25H24N4O2/c1-2-3-12-28-15-22(30)29-21(25(28)31)13-19-18-6-4-5-7-20(18)27-23(19)24(29)17-10-8-16(14-26)9-11-17/h4-11,21,24,27H,2-3,12-13,15H2,1H3/t21-,24+/m1/s1. The van der Waals surface area contributed by atoms with Crippen molar-refractivity contribution in [2.45, 2.75) is 38.3 Å². The number of hydrogen-bond donors (Lipinski definition) is 1. The number of piperazine rings is 1. The molecule has 0 spiro atoms. The number of benzene rings is 2. The lowest BCUT2D eigenvalue weighted by molar-refractivity contribution is -0.158. The first kappa shape index (κ1) is 19.4. The lowest BCUT2D eigenvalue weighted by Crippen LogP contribution is -2.63. The van der Waals surface area contributed by atoms with Crippen molar-refractivity contribution in [3.8, 4) is 6.07 Å². The minimum atomic E-state index is -0.509. The van der Waals surface area contributed by atoms with E-state index in [1.165, 1.54) is 0 Å². The zero-order chi connectivity index (χ0) is 21.5. The predicted molar refractivity (Wildman–Crippen MR) is 117 cm³/mol. The fourth-order valence-electron chi connectivity index (χ4n) is 4.95. The molecule has 6 nitrogen and oxygen atoms in total. The molecule has 31 heavy (non-hydrogen) atoms. The number of aromatic nitrogens is 1. The summed E-state index contributed by atoms with van der Waals surface area (Å²) in [5, 5.41) is 10.3. The van der Waals surface area contributed by atoms with Crippen LogP contribution in [0.4, 0.5) is 0 Å². The van der Waals surface area contributed by atoms with E-state index < -0.39 is 6.04 Å². The Morgan fingerprint density at radius 1 is 1.13 bits per heavy atom. The molecule has 1 aromatic heterocycles. The molecule has 0 unspecified atom stereocenters. The van der Waals surface area contributed by atoms with E-state index in [9.17, 15) is 14.9 Å². The lowest BCUT2D eigenvalue weighted by atomic mass is 9.86. The Kier molecular flexibility index (Phi) is 4.74. The Morgan fingerprint density at radius 3 is 2.65 bits per heavy atom. The van der Waals surface area contributed by atoms with Crippen molar-refractivity contribution < 1.29 is 9.59 Å². The van der Waals surface area contributed by atoms with Crippen LogP contribution < -0.4 is 0 Å². The highest BCUT2D eigenvalue weighted by molar-refractivity contribution is 5.97. The molecule has 3 heterocycles. The topological polar surface area (TPSA) is 80.2 Å². The number of H-pyrrole nitrogens is 1. The highest BCUT2D eigenvalue weighted by Crippen LogP contribution is 2.42. The second kappa shape index (κ2) is 7.59. The highest BCUT2D eigenvalue weighted by Gasteiger charge is 2.47. The smallest absolute Gasteiger partial charge is 0.246 e. The first-order valence-electron chi connectivity index (χ1n) is 10.8. The minimum Gasteiger partial charge on any atom is -0.356 e. The number of rotatable bonds is 4. The summed E-state index contributed by atoms with van der Waals surface area (Å²) < 4.78 is 0. The number of nitrogens with zero attached hydrogens (tertiary/aromatic N) is 3. The van der Waals surface area contributed by atoms with Crippen LogP contribution in [0.15, 0.2) is 48.5 Å². The van der Waals surface area contributed by atoms with Gasteiger partial charge in [0.1, 0.15) is 6.04 Å². The number of nitrogens with one attached hydrogen (secondary N) is 1. The summed E-state index contributed by atoms with van der Waals surface area (Å²) in [7, 11) is 0. The van der Waals surface area contributed by atoms with Gasteiger partial charge in [0, 0.05) is 29.6 Å². The summed E-state index contributed by atoms with van der Waals surface area (Å²) in [4.78, 5) is 33.8. The molecule has 3 aromatic rings. The number of aromatic amines is 1. The van der Waals surface area contributed by atoms with Crippen LogP contribution in [-0.4, -0.2) is 45.7 Å². The van der Waals surface area contributed by atoms with Gasteiger partial charge in [-0.05, 0) is 35.7 Å². The van der Waals surface area contributed by atoms with E-state index >= 15 is 0 Å². The second-order valence-corrected chi connectivity index (χ2v) is 8.33. The van der Waals surface area contributed by atoms with Crippen LogP contribution in [0, 0.1) is 11.3 Å². The molecule has 0 saturated carbocycles. The van der Waals surface area contributed by atoms with E-state index in [0.717, 1.165) is 40.6 Å². The van der Waals surface area contributed by atoms with Gasteiger partial charge in [0.15, 0.2) is 0 Å². The maximum Gasteiger partial charge on any atom is 0.246 e. The fourth-order valence-corrected chi connectivity index (χ4v) is 4.95. The fraction of sp³-hybridized carbons (Fsp3) is 0.320. The summed E-state index contributed by atoms with van der Waals surface area (Å²) in [6, 6.07) is 16.7. The van der Waals surface area contributed by atoms with Gasteiger partial charge in [-0.3, -0.25) is 9.59 Å². The molecule has 5 rings (SSSR count). The van der Waals surface area contributed by atoms with Crippen LogP contribution in [0.2, 0.25) is 0 Å². The molecule has 1 saturated heterocycles. The molecule has 2 aliphatic rings. The van der Waals surface area contributed by atoms with Crippen LogP contribution in [0.25, 0.3) is 10.9 Å². The average Bonchev–Trinajstić information content (AvgIpc) is 3.17. The third-order valence-corrected chi connectivity index (χ3v) is 6.48. The van der Waals surface area contributed by atoms with E-state index in [0.29, 0.717) is 18.5 Å². The van der Waals surface area contributed by atoms with E-state index in [-0.39, 0.29) is 24.4 Å². The van der Waals surface area contributed by atoms with Crippen LogP contribution in [0.5, 0.6) is 0 Å². The van der Waals surface area contributed by atoms with Crippen molar-refractivity contribution in [1.29, 1.82) is 5.26 Å². The van der Waals surface area contributed by atoms with E-state index in [1.807, 2.05) is 30.3 Å². The van der Waals surface area contributed by atoms with Gasteiger partial charge < -0.3 is 14.8 Å². The van der Waals surface area contributed by atoms with E-state index in [4.69, 9.17) is 0 Å². The summed E-state index contributed by atoms with van der Waals surface area (Å²) in [6.07, 6.45) is 2.38. The third kappa shape index (κ3) is 3.09. The maximum absolute atomic E-state index is 13.4. The van der Waals surface area contributed by atoms with Crippen molar-refractivity contribution in [3.05, 3.63) is 70.9 Å². The summed E-state index contributed by atoms with van der Waals surface area (Å²) in [5.41, 5.74) is 4.54. The monoisotopic (exact) mass is 412 g/mol. The number of carbonyl (C=O) groups excluding carboxylic acids is 2. The molecule has 6 heteroatoms. The van der Waals surface area contributed by atoms with Gasteiger partial charge in [0.05, 0.1) is 24.2 Å². The lowest BCUT2D eigenvalue weighted by Gasteiger charge is -2.47. The Morgan fingerprint density at radius 2 is 1.90 bits per heavy atom. The van der Waals surface area contributed by atoms with Crippen LogP contribution >= 0.6 is 0 Å². The summed E-state index contributed by atoms with van der Waals surface area (Å²) in [6.45, 7) is 2.83. The molecule has 2 amide bonds. The third-order valence-electron chi connectivity index (χ3n) is 6.48. The Bertz CT molecular complexity index is 1200. The zero-order valence-electron chi connectivity index (χ0n) is 17.5. The van der Waals surface area contributed by atoms with E-state index in [2.05, 4.69) is 24.0 Å². The molecule has 0 radical (unpaired) electrons. The van der Waals surface area contributed by atoms with Crippen molar-refractivity contribution in [2.75, 3.05) is 13.1 Å². The largest absolute Gasteiger partial charge is 0.356 e. The minimum absolute atomic E-state index is 0.0284. The number of para-hydroxylation sites is 1. The molecule has 156 valence electrons. The van der Waals surface area contributed by atoms with Crippen LogP contribution in [-0.2, 0) is 16.0 Å². The number of carbonyl (C=O) groups is 2. The average molecular weight is 412 g/mol. The van der Waals surface area contributed by atoms with Crippen LogP contribution in [0.1, 0.15) is 48.2 Å². The summed E-state index contributed by atoms with van der Waals surface area (Å²) >= 11 is 0. The summed E-state index contributed by atoms with van der Waals surface area (Å²) in [5.74, 6) is 0.00185. The molecule has 0 aliphatic carbocycles. The van der Waals surface area contributed by atoms with Crippen molar-refractivity contribution in [2.24, 2.45) is 0 Å². The van der Waals surface area contributed by atoms with E-state index in [1.54, 1.807) is 21.9 Å². The molecule has 2 aromatic carbocycles. The van der Waals surface area contributed by atoms with Gasteiger partial charge in [0.25, 0.3) is 0 Å². The van der Waals surface area contributed by atoms with Crippen molar-refractivity contribution in [1.82, 2.24) is 14.8 Å². The van der Waals surface area contributed by atoms with Gasteiger partial charge in [-0.2, -0.15) is 5.26 Å². The van der Waals surface area contributed by atoms with Gasteiger partial charge in [-0.15, -0.1) is 0 Å². The number of amides is 2. The molecule has 1 N–H and O–H groups in total. The van der Waals surface area contributed by atoms with Crippen molar-refractivity contribution >= 4 is 22.7 Å². The molecule has 0 bridgehead atoms. The predicted octanol–water partition coefficient (Wildman–Crippen LogP) is 3.52. The molecular formula is C25H24N4O2. The maximum atomic E-state index is 13.4. The second-order valence-electron chi connectivity index (χ2n) is 8.33. The Hall–Kier alpha value is -3.59. The quantitative estimate of drug-likeness (QED) is 0.712. The normalized spacial score (nSPS) is 20.5. The van der Waals surface area contributed by atoms with Gasteiger partial charge in [0.2, 0.25) is 11.8 Å². The van der Waals surface area contributed by atoms with Gasteiger partial charge in [-0.25, -0.2) is 0 Å². The van der Waals surface area contributed by atoms with Gasteiger partial charge in [-0.1, -0.05) is 43.7 Å². The molecule has 2 atom stereocenters. The first-order valence-corrected chi connectivity index (χ1v) is 10.8. The number of hydrogen-bond acceptors (Lipinski definition) is 3. The molecule has 1 fully saturated rings. The highest BCUT2D eigenvalue weighted by atomic mass is 16.2. The van der Waals surface area contributed by atoms with Crippen molar-refractivity contribution in [3.63, 3.8) is 0 Å². The number of nitriles is 1. The zero-order valence-corrected chi connectivity index (χ0v) is 17.5. The molecule has 2 aliphatic heterocycles. The number of fused-ring (bicyclic) bond motifs is 4. The van der Waals surface area contributed by atoms with Gasteiger partial charge >= 0.3 is 0 Å². The SMILES string of the molecule is CCCCN1CC(=O)N2[C@@H](c3ccc(C#N)cc3)c3[nH]c4ccccc4c3C[C@@H]2C1=O.